The quantitative estimate of drug-likeness (QED) is 0.684. The Bertz CT molecular complexity index is 408. The highest BCUT2D eigenvalue weighted by Crippen LogP contribution is 2.10. The van der Waals surface area contributed by atoms with Crippen molar-refractivity contribution >= 4 is 5.97 Å². The molecule has 72 valence electrons. The Morgan fingerprint density at radius 3 is 2.79 bits per heavy atom. The molecule has 0 unspecified atom stereocenters. The zero-order chi connectivity index (χ0) is 10.6. The molecule has 1 aromatic rings. The van der Waals surface area contributed by atoms with Crippen LogP contribution >= 0.6 is 0 Å². The lowest BCUT2D eigenvalue weighted by Crippen LogP contribution is -1.91. The summed E-state index contributed by atoms with van der Waals surface area (Å²) in [7, 11) is 0. The molecule has 1 N–H and O–H groups in total. The second-order valence-electron chi connectivity index (χ2n) is 3.21. The third-order valence-electron chi connectivity index (χ3n) is 1.98. The van der Waals surface area contributed by atoms with Crippen molar-refractivity contribution in [2.24, 2.45) is 0 Å². The minimum atomic E-state index is -1.07. The Morgan fingerprint density at radius 1 is 1.43 bits per heavy atom. The fourth-order valence-electron chi connectivity index (χ4n) is 1.21. The highest BCUT2D eigenvalue weighted by molar-refractivity contribution is 5.86. The second-order valence-corrected chi connectivity index (χ2v) is 3.21. The van der Waals surface area contributed by atoms with E-state index >= 15 is 0 Å². The number of carbonyl (C=O) groups is 1. The zero-order valence-electron chi connectivity index (χ0n) is 8.29. The molecule has 0 atom stereocenters. The number of benzene rings is 1. The van der Waals surface area contributed by atoms with E-state index in [2.05, 4.69) is 11.8 Å². The van der Waals surface area contributed by atoms with Crippen LogP contribution in [0.4, 0.5) is 0 Å². The van der Waals surface area contributed by atoms with Gasteiger partial charge in [-0.2, -0.15) is 0 Å². The molecule has 0 aliphatic rings. The van der Waals surface area contributed by atoms with Gasteiger partial charge in [-0.1, -0.05) is 29.7 Å². The first-order valence-corrected chi connectivity index (χ1v) is 4.37. The lowest BCUT2D eigenvalue weighted by atomic mass is 10.0. The van der Waals surface area contributed by atoms with E-state index in [0.717, 1.165) is 11.1 Å². The van der Waals surface area contributed by atoms with Crippen LogP contribution in [0.15, 0.2) is 18.2 Å². The Morgan fingerprint density at radius 2 is 2.14 bits per heavy atom. The van der Waals surface area contributed by atoms with Crippen LogP contribution in [-0.4, -0.2) is 11.1 Å². The Balaban J connectivity index is 2.83. The molecule has 0 fully saturated rings. The van der Waals surface area contributed by atoms with Crippen molar-refractivity contribution in [3.8, 4) is 11.8 Å². The molecule has 1 aromatic carbocycles. The van der Waals surface area contributed by atoms with Gasteiger partial charge in [-0.3, -0.25) is 0 Å². The minimum Gasteiger partial charge on any atom is -0.472 e. The number of hydrogen-bond acceptors (Lipinski definition) is 1. The van der Waals surface area contributed by atoms with Gasteiger partial charge in [0.15, 0.2) is 0 Å². The van der Waals surface area contributed by atoms with E-state index in [1.54, 1.807) is 0 Å². The molecule has 2 heteroatoms. The molecule has 0 bridgehead atoms. The van der Waals surface area contributed by atoms with Gasteiger partial charge in [0.2, 0.25) is 0 Å². The molecule has 2 nitrogen and oxygen atoms in total. The van der Waals surface area contributed by atoms with E-state index in [-0.39, 0.29) is 0 Å². The molecule has 0 spiro atoms. The minimum absolute atomic E-state index is 0.500. The molecule has 0 radical (unpaired) electrons. The summed E-state index contributed by atoms with van der Waals surface area (Å²) in [6.07, 6.45) is 0.500. The van der Waals surface area contributed by atoms with Crippen LogP contribution in [0.5, 0.6) is 0 Å². The van der Waals surface area contributed by atoms with Crippen molar-refractivity contribution in [1.82, 2.24) is 0 Å². The largest absolute Gasteiger partial charge is 0.472 e. The van der Waals surface area contributed by atoms with Gasteiger partial charge in [0, 0.05) is 12.3 Å². The highest BCUT2D eigenvalue weighted by atomic mass is 16.4. The van der Waals surface area contributed by atoms with Gasteiger partial charge < -0.3 is 5.11 Å². The molecule has 0 heterocycles. The van der Waals surface area contributed by atoms with E-state index in [1.165, 1.54) is 5.56 Å². The number of rotatable bonds is 1. The van der Waals surface area contributed by atoms with Crippen molar-refractivity contribution in [2.75, 3.05) is 0 Å². The number of carboxylic acids is 1. The van der Waals surface area contributed by atoms with Gasteiger partial charge >= 0.3 is 5.97 Å². The summed E-state index contributed by atoms with van der Waals surface area (Å²) in [6, 6.07) is 6.09. The first-order valence-electron chi connectivity index (χ1n) is 4.37. The van der Waals surface area contributed by atoms with Crippen LogP contribution < -0.4 is 0 Å². The second kappa shape index (κ2) is 4.48. The maximum Gasteiger partial charge on any atom is 0.381 e. The summed E-state index contributed by atoms with van der Waals surface area (Å²) in [4.78, 5) is 10.2. The van der Waals surface area contributed by atoms with Crippen molar-refractivity contribution < 1.29 is 9.90 Å². The predicted molar refractivity (Wildman–Crippen MR) is 55.0 cm³/mol. The van der Waals surface area contributed by atoms with Crippen LogP contribution in [-0.2, 0) is 11.2 Å². The van der Waals surface area contributed by atoms with E-state index < -0.39 is 5.97 Å². The van der Waals surface area contributed by atoms with Gasteiger partial charge in [0.25, 0.3) is 0 Å². The zero-order valence-corrected chi connectivity index (χ0v) is 8.29. The maximum absolute atomic E-state index is 10.2. The molecule has 14 heavy (non-hydrogen) atoms. The van der Waals surface area contributed by atoms with E-state index in [0.29, 0.717) is 6.42 Å². The Kier molecular flexibility index (Phi) is 3.30. The van der Waals surface area contributed by atoms with Crippen LogP contribution in [0, 0.1) is 25.7 Å². The highest BCUT2D eigenvalue weighted by Gasteiger charge is 1.96. The summed E-state index contributed by atoms with van der Waals surface area (Å²) in [5, 5.41) is 8.34. The molecule has 0 amide bonds. The van der Waals surface area contributed by atoms with Crippen molar-refractivity contribution in [3.63, 3.8) is 0 Å². The molecule has 0 aliphatic carbocycles. The SMILES string of the molecule is Cc1ccc(C)c(CC#CC(=O)O)c1. The average Bonchev–Trinajstić information content (AvgIpc) is 2.10. The van der Waals surface area contributed by atoms with Crippen molar-refractivity contribution in [3.05, 3.63) is 34.9 Å². The fourth-order valence-corrected chi connectivity index (χ4v) is 1.21. The lowest BCUT2D eigenvalue weighted by Gasteiger charge is -2.02. The number of aryl methyl sites for hydroxylation is 2. The van der Waals surface area contributed by atoms with Crippen molar-refractivity contribution in [2.45, 2.75) is 20.3 Å². The van der Waals surface area contributed by atoms with Crippen LogP contribution in [0.25, 0.3) is 0 Å². The van der Waals surface area contributed by atoms with Gasteiger partial charge in [0.05, 0.1) is 0 Å². The smallest absolute Gasteiger partial charge is 0.381 e. The standard InChI is InChI=1S/C12H12O2/c1-9-6-7-10(2)11(8-9)4-3-5-12(13)14/h6-8H,4H2,1-2H3,(H,13,14). The van der Waals surface area contributed by atoms with Gasteiger partial charge in [-0.25, -0.2) is 4.79 Å². The Hall–Kier alpha value is -1.75. The third kappa shape index (κ3) is 2.95. The molecule has 0 saturated heterocycles. The number of carboxylic acid groups (broad SMARTS) is 1. The van der Waals surface area contributed by atoms with Crippen LogP contribution in [0.3, 0.4) is 0 Å². The van der Waals surface area contributed by atoms with E-state index in [1.807, 2.05) is 32.0 Å². The fraction of sp³-hybridized carbons (Fsp3) is 0.250. The van der Waals surface area contributed by atoms with E-state index in [9.17, 15) is 4.79 Å². The van der Waals surface area contributed by atoms with Gasteiger partial charge in [0.1, 0.15) is 0 Å². The van der Waals surface area contributed by atoms with Gasteiger partial charge in [-0.15, -0.1) is 0 Å². The lowest BCUT2D eigenvalue weighted by molar-refractivity contribution is -0.130. The summed E-state index contributed by atoms with van der Waals surface area (Å²) in [5.41, 5.74) is 3.41. The topological polar surface area (TPSA) is 37.3 Å². The van der Waals surface area contributed by atoms with E-state index in [4.69, 9.17) is 5.11 Å². The number of aliphatic carboxylic acids is 1. The maximum atomic E-state index is 10.2. The molecule has 0 aliphatic heterocycles. The summed E-state index contributed by atoms with van der Waals surface area (Å²) in [6.45, 7) is 4.00. The summed E-state index contributed by atoms with van der Waals surface area (Å²) in [5.74, 6) is 3.65. The van der Waals surface area contributed by atoms with Crippen LogP contribution in [0.2, 0.25) is 0 Å². The van der Waals surface area contributed by atoms with Crippen molar-refractivity contribution in [1.29, 1.82) is 0 Å². The first kappa shape index (κ1) is 10.3. The normalized spacial score (nSPS) is 9.00. The predicted octanol–water partition coefficient (Wildman–Crippen LogP) is 1.93. The van der Waals surface area contributed by atoms with Gasteiger partial charge in [-0.05, 0) is 25.0 Å². The Labute approximate surface area is 83.6 Å². The average molecular weight is 188 g/mol. The van der Waals surface area contributed by atoms with Crippen LogP contribution in [0.1, 0.15) is 16.7 Å². The number of hydrogen-bond donors (Lipinski definition) is 1. The molecule has 0 aromatic heterocycles. The molecular weight excluding hydrogens is 176 g/mol. The molecule has 0 saturated carbocycles. The third-order valence-corrected chi connectivity index (χ3v) is 1.98. The summed E-state index contributed by atoms with van der Waals surface area (Å²) < 4.78 is 0. The summed E-state index contributed by atoms with van der Waals surface area (Å²) >= 11 is 0. The monoisotopic (exact) mass is 188 g/mol. The molecule has 1 rings (SSSR count). The molecular formula is C12H12O2. The first-order chi connectivity index (χ1) is 6.59.